The van der Waals surface area contributed by atoms with E-state index in [0.29, 0.717) is 5.56 Å². The molecule has 0 bridgehead atoms. The van der Waals surface area contributed by atoms with Gasteiger partial charge in [-0.15, -0.1) is 0 Å². The average molecular weight is 391 g/mol. The molecule has 3 atom stereocenters. The Morgan fingerprint density at radius 3 is 2.31 bits per heavy atom. The second kappa shape index (κ2) is 7.30. The molecule has 0 saturated carbocycles. The van der Waals surface area contributed by atoms with E-state index in [-0.39, 0.29) is 6.61 Å². The van der Waals surface area contributed by atoms with Gasteiger partial charge < -0.3 is 9.16 Å². The topological polar surface area (TPSA) is 48.0 Å². The molecule has 0 radical (unpaired) electrons. The van der Waals surface area contributed by atoms with Crippen molar-refractivity contribution >= 4 is 14.3 Å². The summed E-state index contributed by atoms with van der Waals surface area (Å²) in [5.74, 6) is -5.79. The fourth-order valence-electron chi connectivity index (χ4n) is 3.14. The Hall–Kier alpha value is -1.42. The fraction of sp³-hybridized carbons (Fsp3) is 0.588. The van der Waals surface area contributed by atoms with E-state index in [9.17, 15) is 18.0 Å². The Kier molecular flexibility index (Phi) is 5.86. The van der Waals surface area contributed by atoms with Crippen LogP contribution in [0.4, 0.5) is 13.2 Å². The van der Waals surface area contributed by atoms with Crippen LogP contribution >= 0.6 is 0 Å². The minimum atomic E-state index is -4.93. The summed E-state index contributed by atoms with van der Waals surface area (Å²) in [5, 5.41) is 1.05. The molecule has 1 heterocycles. The van der Waals surface area contributed by atoms with Crippen LogP contribution in [0, 0.1) is 5.92 Å². The molecule has 1 saturated heterocycles. The molecule has 5 nitrogen and oxygen atoms in total. The average Bonchev–Trinajstić information content (AvgIpc) is 2.79. The summed E-state index contributed by atoms with van der Waals surface area (Å²) < 4.78 is 53.1. The van der Waals surface area contributed by atoms with Crippen LogP contribution < -0.4 is 0 Å². The highest BCUT2D eigenvalue weighted by Gasteiger charge is 2.73. The van der Waals surface area contributed by atoms with E-state index in [1.54, 1.807) is 56.9 Å². The quantitative estimate of drug-likeness (QED) is 0.563. The van der Waals surface area contributed by atoms with Gasteiger partial charge in [-0.2, -0.15) is 18.2 Å². The number of carbonyl (C=O) groups excluding carboxylic acids is 1. The highest BCUT2D eigenvalue weighted by molar-refractivity contribution is 6.69. The van der Waals surface area contributed by atoms with Gasteiger partial charge >= 0.3 is 12.1 Å². The Morgan fingerprint density at radius 1 is 1.27 bits per heavy atom. The smallest absolute Gasteiger partial charge is 0.444 e. The minimum absolute atomic E-state index is 0.0402. The molecule has 26 heavy (non-hydrogen) atoms. The SMILES string of the molecule is CCOC(=O)[C@@H]1[C@@H](c2ccccc2)N(C)O[C@@]1(O[Si](C)(C)C)C(F)(F)F. The van der Waals surface area contributed by atoms with Crippen molar-refractivity contribution in [2.45, 2.75) is 44.6 Å². The highest BCUT2D eigenvalue weighted by Crippen LogP contribution is 2.54. The first kappa shape index (κ1) is 20.9. The number of halogens is 3. The summed E-state index contributed by atoms with van der Waals surface area (Å²) in [5.41, 5.74) is 0.512. The summed E-state index contributed by atoms with van der Waals surface area (Å²) in [6.45, 7) is 6.34. The number of rotatable bonds is 5. The molecule has 0 unspecified atom stereocenters. The van der Waals surface area contributed by atoms with Crippen LogP contribution in [0.2, 0.25) is 19.6 Å². The number of carbonyl (C=O) groups is 1. The van der Waals surface area contributed by atoms with Crippen molar-refractivity contribution in [3.8, 4) is 0 Å². The first-order valence-electron chi connectivity index (χ1n) is 8.33. The standard InChI is InChI=1S/C17H24F3NO4Si/c1-6-23-15(22)13-14(12-10-8-7-9-11-12)21(2)24-16(13,17(18,19)20)25-26(3,4)5/h7-11,13-14H,6H2,1-5H3/t13-,14+,16-/m0/s1. The van der Waals surface area contributed by atoms with Gasteiger partial charge in [0.2, 0.25) is 0 Å². The number of ether oxygens (including phenoxy) is 1. The molecule has 0 spiro atoms. The van der Waals surface area contributed by atoms with E-state index in [1.165, 1.54) is 7.05 Å². The maximum absolute atomic E-state index is 14.2. The van der Waals surface area contributed by atoms with Gasteiger partial charge in [0.25, 0.3) is 5.79 Å². The molecule has 146 valence electrons. The molecule has 2 rings (SSSR count). The van der Waals surface area contributed by atoms with Gasteiger partial charge in [0.1, 0.15) is 5.92 Å². The zero-order valence-corrected chi connectivity index (χ0v) is 16.5. The van der Waals surface area contributed by atoms with Crippen LogP contribution in [0.25, 0.3) is 0 Å². The fourth-order valence-corrected chi connectivity index (χ4v) is 4.33. The summed E-state index contributed by atoms with van der Waals surface area (Å²) in [7, 11) is -1.39. The minimum Gasteiger partial charge on any atom is -0.466 e. The first-order chi connectivity index (χ1) is 11.9. The van der Waals surface area contributed by atoms with E-state index in [1.807, 2.05) is 0 Å². The summed E-state index contributed by atoms with van der Waals surface area (Å²) in [6, 6.07) is 7.44. The number of hydrogen-bond acceptors (Lipinski definition) is 5. The number of nitrogens with zero attached hydrogens (tertiary/aromatic N) is 1. The van der Waals surface area contributed by atoms with Gasteiger partial charge in [0.15, 0.2) is 8.32 Å². The molecule has 0 aliphatic carbocycles. The Balaban J connectivity index is 2.63. The summed E-state index contributed by atoms with van der Waals surface area (Å²) in [4.78, 5) is 17.9. The summed E-state index contributed by atoms with van der Waals surface area (Å²) in [6.07, 6.45) is -4.93. The van der Waals surface area contributed by atoms with Gasteiger partial charge in [-0.25, -0.2) is 0 Å². The molecule has 1 aliphatic rings. The zero-order chi connectivity index (χ0) is 19.8. The highest BCUT2D eigenvalue weighted by atomic mass is 28.4. The molecule has 0 amide bonds. The van der Waals surface area contributed by atoms with Crippen molar-refractivity contribution in [3.05, 3.63) is 35.9 Å². The van der Waals surface area contributed by atoms with Crippen LogP contribution in [-0.2, 0) is 18.8 Å². The number of esters is 1. The molecule has 0 N–H and O–H groups in total. The molecule has 0 aromatic heterocycles. The molecule has 9 heteroatoms. The predicted octanol–water partition coefficient (Wildman–Crippen LogP) is 3.89. The second-order valence-electron chi connectivity index (χ2n) is 7.10. The van der Waals surface area contributed by atoms with E-state index < -0.39 is 38.2 Å². The monoisotopic (exact) mass is 391 g/mol. The van der Waals surface area contributed by atoms with Crippen LogP contribution in [-0.4, -0.2) is 45.0 Å². The van der Waals surface area contributed by atoms with Gasteiger partial charge in [0, 0.05) is 7.05 Å². The number of benzene rings is 1. The van der Waals surface area contributed by atoms with E-state index in [0.717, 1.165) is 5.06 Å². The van der Waals surface area contributed by atoms with E-state index in [4.69, 9.17) is 14.0 Å². The molecule has 1 fully saturated rings. The maximum Gasteiger partial charge on any atom is 0.444 e. The molecular weight excluding hydrogens is 367 g/mol. The predicted molar refractivity (Wildman–Crippen MR) is 91.4 cm³/mol. The lowest BCUT2D eigenvalue weighted by molar-refractivity contribution is -0.392. The van der Waals surface area contributed by atoms with Crippen molar-refractivity contribution < 1.29 is 32.0 Å². The van der Waals surface area contributed by atoms with E-state index >= 15 is 0 Å². The van der Waals surface area contributed by atoms with Crippen molar-refractivity contribution in [2.75, 3.05) is 13.7 Å². The second-order valence-corrected chi connectivity index (χ2v) is 11.5. The molecule has 1 aromatic carbocycles. The zero-order valence-electron chi connectivity index (χ0n) is 15.5. The van der Waals surface area contributed by atoms with Crippen LogP contribution in [0.15, 0.2) is 30.3 Å². The van der Waals surface area contributed by atoms with Gasteiger partial charge in [-0.3, -0.25) is 9.63 Å². The normalized spacial score (nSPS) is 27.5. The number of alkyl halides is 3. The number of hydroxylamine groups is 2. The van der Waals surface area contributed by atoms with Crippen molar-refractivity contribution in [3.63, 3.8) is 0 Å². The van der Waals surface area contributed by atoms with Crippen molar-refractivity contribution in [1.29, 1.82) is 0 Å². The Bertz CT molecular complexity index is 635. The number of hydrogen-bond donors (Lipinski definition) is 0. The first-order valence-corrected chi connectivity index (χ1v) is 11.7. The van der Waals surface area contributed by atoms with Crippen LogP contribution in [0.3, 0.4) is 0 Å². The van der Waals surface area contributed by atoms with Crippen LogP contribution in [0.1, 0.15) is 18.5 Å². The van der Waals surface area contributed by atoms with Gasteiger partial charge in [-0.1, -0.05) is 30.3 Å². The molecule has 1 aliphatic heterocycles. The Morgan fingerprint density at radius 2 is 1.85 bits per heavy atom. The lowest BCUT2D eigenvalue weighted by Gasteiger charge is -2.38. The largest absolute Gasteiger partial charge is 0.466 e. The molecule has 1 aromatic rings. The van der Waals surface area contributed by atoms with Gasteiger partial charge in [-0.05, 0) is 32.1 Å². The lowest BCUT2D eigenvalue weighted by atomic mass is 9.87. The lowest BCUT2D eigenvalue weighted by Crippen LogP contribution is -2.59. The maximum atomic E-state index is 14.2. The molecular formula is C17H24F3NO4Si. The summed E-state index contributed by atoms with van der Waals surface area (Å²) >= 11 is 0. The third-order valence-corrected chi connectivity index (χ3v) is 4.85. The third-order valence-electron chi connectivity index (χ3n) is 3.93. The van der Waals surface area contributed by atoms with E-state index in [2.05, 4.69) is 0 Å². The van der Waals surface area contributed by atoms with Crippen molar-refractivity contribution in [1.82, 2.24) is 5.06 Å². The Labute approximate surface area is 152 Å². The third kappa shape index (κ3) is 3.95. The van der Waals surface area contributed by atoms with Crippen LogP contribution in [0.5, 0.6) is 0 Å². The van der Waals surface area contributed by atoms with Crippen molar-refractivity contribution in [2.24, 2.45) is 5.92 Å². The van der Waals surface area contributed by atoms with Gasteiger partial charge in [0.05, 0.1) is 12.6 Å².